The van der Waals surface area contributed by atoms with Crippen molar-refractivity contribution >= 4 is 16.6 Å². The van der Waals surface area contributed by atoms with E-state index in [0.717, 1.165) is 16.5 Å². The molecule has 12 heavy (non-hydrogen) atoms. The summed E-state index contributed by atoms with van der Waals surface area (Å²) in [6, 6.07) is 5.57. The molecule has 2 rings (SSSR count). The minimum Gasteiger partial charge on any atom is -0.399 e. The SMILES string of the molecule is Nc1cc(CO)c2cc[nH]c2c1. The lowest BCUT2D eigenvalue weighted by Crippen LogP contribution is -1.89. The van der Waals surface area contributed by atoms with E-state index in [0.29, 0.717) is 5.69 Å². The molecule has 4 N–H and O–H groups in total. The Balaban J connectivity index is 2.80. The zero-order valence-electron chi connectivity index (χ0n) is 6.54. The number of benzene rings is 1. The van der Waals surface area contributed by atoms with Gasteiger partial charge in [0, 0.05) is 22.8 Å². The average Bonchev–Trinajstić information content (AvgIpc) is 2.50. The average molecular weight is 162 g/mol. The predicted molar refractivity (Wildman–Crippen MR) is 48.6 cm³/mol. The standard InChI is InChI=1S/C9H10N2O/c10-7-3-6(5-12)8-1-2-11-9(8)4-7/h1-4,11-12H,5,10H2. The molecule has 0 bridgehead atoms. The number of aromatic nitrogens is 1. The van der Waals surface area contributed by atoms with E-state index >= 15 is 0 Å². The fourth-order valence-corrected chi connectivity index (χ4v) is 1.40. The summed E-state index contributed by atoms with van der Waals surface area (Å²) in [5.41, 5.74) is 8.14. The van der Waals surface area contributed by atoms with Gasteiger partial charge in [-0.2, -0.15) is 0 Å². The first-order chi connectivity index (χ1) is 5.81. The van der Waals surface area contributed by atoms with Crippen LogP contribution in [0.15, 0.2) is 24.4 Å². The molecular formula is C9H10N2O. The van der Waals surface area contributed by atoms with Gasteiger partial charge in [-0.25, -0.2) is 0 Å². The van der Waals surface area contributed by atoms with Gasteiger partial charge in [0.25, 0.3) is 0 Å². The molecule has 0 unspecified atom stereocenters. The van der Waals surface area contributed by atoms with Crippen LogP contribution in [0, 0.1) is 0 Å². The van der Waals surface area contributed by atoms with Crippen LogP contribution in [-0.4, -0.2) is 10.1 Å². The number of anilines is 1. The number of H-pyrrole nitrogens is 1. The van der Waals surface area contributed by atoms with Crippen LogP contribution in [-0.2, 0) is 6.61 Å². The van der Waals surface area contributed by atoms with Crippen molar-refractivity contribution in [2.45, 2.75) is 6.61 Å². The van der Waals surface area contributed by atoms with Crippen LogP contribution in [0.25, 0.3) is 10.9 Å². The maximum Gasteiger partial charge on any atom is 0.0689 e. The number of nitrogens with two attached hydrogens (primary N) is 1. The molecule has 0 spiro atoms. The van der Waals surface area contributed by atoms with E-state index in [9.17, 15) is 0 Å². The molecule has 62 valence electrons. The highest BCUT2D eigenvalue weighted by molar-refractivity contribution is 5.85. The molecule has 0 fully saturated rings. The number of aliphatic hydroxyl groups is 1. The Morgan fingerprint density at radius 1 is 1.42 bits per heavy atom. The highest BCUT2D eigenvalue weighted by atomic mass is 16.3. The van der Waals surface area contributed by atoms with Crippen LogP contribution in [0.1, 0.15) is 5.56 Å². The maximum atomic E-state index is 9.01. The Hall–Kier alpha value is -1.48. The van der Waals surface area contributed by atoms with Gasteiger partial charge in [-0.3, -0.25) is 0 Å². The normalized spacial score (nSPS) is 10.8. The van der Waals surface area contributed by atoms with Crippen molar-refractivity contribution in [1.29, 1.82) is 0 Å². The molecule has 0 radical (unpaired) electrons. The van der Waals surface area contributed by atoms with Crippen molar-refractivity contribution in [1.82, 2.24) is 4.98 Å². The number of rotatable bonds is 1. The topological polar surface area (TPSA) is 62.0 Å². The summed E-state index contributed by atoms with van der Waals surface area (Å²) < 4.78 is 0. The zero-order valence-corrected chi connectivity index (χ0v) is 6.54. The van der Waals surface area contributed by atoms with E-state index in [2.05, 4.69) is 4.98 Å². The molecule has 1 aromatic carbocycles. The number of aliphatic hydroxyl groups excluding tert-OH is 1. The number of nitrogens with one attached hydrogen (secondary N) is 1. The fourth-order valence-electron chi connectivity index (χ4n) is 1.40. The molecule has 0 aliphatic carbocycles. The molecule has 0 saturated carbocycles. The van der Waals surface area contributed by atoms with Gasteiger partial charge in [0.1, 0.15) is 0 Å². The quantitative estimate of drug-likeness (QED) is 0.552. The molecule has 0 amide bonds. The van der Waals surface area contributed by atoms with E-state index < -0.39 is 0 Å². The summed E-state index contributed by atoms with van der Waals surface area (Å²) in [5.74, 6) is 0. The molecule has 3 heteroatoms. The molecule has 3 nitrogen and oxygen atoms in total. The van der Waals surface area contributed by atoms with Crippen molar-refractivity contribution in [3.8, 4) is 0 Å². The number of hydrogen-bond donors (Lipinski definition) is 3. The maximum absolute atomic E-state index is 9.01. The highest BCUT2D eigenvalue weighted by Crippen LogP contribution is 2.21. The molecule has 0 aliphatic rings. The van der Waals surface area contributed by atoms with Gasteiger partial charge < -0.3 is 15.8 Å². The minimum atomic E-state index is 0.0272. The Morgan fingerprint density at radius 3 is 3.00 bits per heavy atom. The number of nitrogen functional groups attached to an aromatic ring is 1. The van der Waals surface area contributed by atoms with Crippen molar-refractivity contribution in [3.05, 3.63) is 30.0 Å². The molecule has 0 aliphatic heterocycles. The van der Waals surface area contributed by atoms with E-state index in [1.807, 2.05) is 18.3 Å². The third-order valence-electron chi connectivity index (χ3n) is 1.95. The van der Waals surface area contributed by atoms with E-state index in [4.69, 9.17) is 10.8 Å². The Kier molecular flexibility index (Phi) is 1.52. The van der Waals surface area contributed by atoms with Crippen LogP contribution in [0.3, 0.4) is 0 Å². The summed E-state index contributed by atoms with van der Waals surface area (Å²) in [7, 11) is 0. The third-order valence-corrected chi connectivity index (χ3v) is 1.95. The lowest BCUT2D eigenvalue weighted by molar-refractivity contribution is 0.283. The van der Waals surface area contributed by atoms with Crippen LogP contribution >= 0.6 is 0 Å². The second-order valence-corrected chi connectivity index (χ2v) is 2.78. The molecule has 1 heterocycles. The molecule has 2 aromatic rings. The second-order valence-electron chi connectivity index (χ2n) is 2.78. The van der Waals surface area contributed by atoms with Gasteiger partial charge in [0.2, 0.25) is 0 Å². The van der Waals surface area contributed by atoms with Gasteiger partial charge in [0.05, 0.1) is 6.61 Å². The van der Waals surface area contributed by atoms with Gasteiger partial charge >= 0.3 is 0 Å². The smallest absolute Gasteiger partial charge is 0.0689 e. The number of aromatic amines is 1. The predicted octanol–water partition coefficient (Wildman–Crippen LogP) is 1.24. The Labute approximate surface area is 69.8 Å². The molecular weight excluding hydrogens is 152 g/mol. The van der Waals surface area contributed by atoms with Crippen LogP contribution in [0.4, 0.5) is 5.69 Å². The lowest BCUT2D eigenvalue weighted by atomic mass is 10.1. The van der Waals surface area contributed by atoms with E-state index in [1.54, 1.807) is 6.07 Å². The first-order valence-electron chi connectivity index (χ1n) is 3.77. The fraction of sp³-hybridized carbons (Fsp3) is 0.111. The first-order valence-corrected chi connectivity index (χ1v) is 3.77. The van der Waals surface area contributed by atoms with Crippen molar-refractivity contribution < 1.29 is 5.11 Å². The van der Waals surface area contributed by atoms with Crippen molar-refractivity contribution in [2.75, 3.05) is 5.73 Å². The van der Waals surface area contributed by atoms with Gasteiger partial charge in [-0.15, -0.1) is 0 Å². The van der Waals surface area contributed by atoms with Gasteiger partial charge in [-0.05, 0) is 23.8 Å². The van der Waals surface area contributed by atoms with Crippen molar-refractivity contribution in [3.63, 3.8) is 0 Å². The summed E-state index contributed by atoms with van der Waals surface area (Å²) in [4.78, 5) is 3.04. The summed E-state index contributed by atoms with van der Waals surface area (Å²) in [6.07, 6.45) is 1.84. The van der Waals surface area contributed by atoms with E-state index in [-0.39, 0.29) is 6.61 Å². The minimum absolute atomic E-state index is 0.0272. The third kappa shape index (κ3) is 0.950. The van der Waals surface area contributed by atoms with Crippen molar-refractivity contribution in [2.24, 2.45) is 0 Å². The van der Waals surface area contributed by atoms with E-state index in [1.165, 1.54) is 0 Å². The Bertz CT molecular complexity index is 406. The molecule has 0 saturated heterocycles. The molecule has 1 aromatic heterocycles. The molecule has 0 atom stereocenters. The highest BCUT2D eigenvalue weighted by Gasteiger charge is 2.01. The summed E-state index contributed by atoms with van der Waals surface area (Å²) >= 11 is 0. The Morgan fingerprint density at radius 2 is 2.25 bits per heavy atom. The van der Waals surface area contributed by atoms with Crippen LogP contribution in [0.5, 0.6) is 0 Å². The van der Waals surface area contributed by atoms with Gasteiger partial charge in [-0.1, -0.05) is 0 Å². The largest absolute Gasteiger partial charge is 0.399 e. The van der Waals surface area contributed by atoms with Crippen LogP contribution < -0.4 is 5.73 Å². The summed E-state index contributed by atoms with van der Waals surface area (Å²) in [5, 5.41) is 10.0. The van der Waals surface area contributed by atoms with Crippen LogP contribution in [0.2, 0.25) is 0 Å². The lowest BCUT2D eigenvalue weighted by Gasteiger charge is -2.00. The number of fused-ring (bicyclic) bond motifs is 1. The summed E-state index contributed by atoms with van der Waals surface area (Å²) in [6.45, 7) is 0.0272. The monoisotopic (exact) mass is 162 g/mol. The number of hydrogen-bond acceptors (Lipinski definition) is 2. The second kappa shape index (κ2) is 2.53. The first kappa shape index (κ1) is 7.18. The zero-order chi connectivity index (χ0) is 8.55. The van der Waals surface area contributed by atoms with Gasteiger partial charge in [0.15, 0.2) is 0 Å².